The number of benzene rings is 1. The Balaban J connectivity index is 1.68. The summed E-state index contributed by atoms with van der Waals surface area (Å²) in [5, 5.41) is 39.5. The molecule has 2 aliphatic heterocycles. The van der Waals surface area contributed by atoms with Crippen molar-refractivity contribution < 1.29 is 13.9 Å². The Labute approximate surface area is 173 Å². The molecule has 3 heterocycles. The van der Waals surface area contributed by atoms with Gasteiger partial charge in [0.05, 0.1) is 36.7 Å². The van der Waals surface area contributed by atoms with Gasteiger partial charge in [-0.05, 0) is 30.4 Å². The van der Waals surface area contributed by atoms with E-state index in [0.29, 0.717) is 18.4 Å². The van der Waals surface area contributed by atoms with E-state index in [2.05, 4.69) is 18.2 Å². The van der Waals surface area contributed by atoms with E-state index in [-0.39, 0.29) is 11.8 Å². The summed E-state index contributed by atoms with van der Waals surface area (Å²) in [5.74, 6) is -2.05. The van der Waals surface area contributed by atoms with E-state index in [1.807, 2.05) is 30.3 Å². The van der Waals surface area contributed by atoms with E-state index in [1.54, 1.807) is 6.07 Å². The topological polar surface area (TPSA) is 127 Å². The molecule has 5 unspecified atom stereocenters. The third-order valence-corrected chi connectivity index (χ3v) is 7.03. The molecule has 1 N–H and O–H groups in total. The molecule has 0 spiro atoms. The second-order valence-corrected chi connectivity index (χ2v) is 8.18. The lowest BCUT2D eigenvalue weighted by atomic mass is 9.50. The van der Waals surface area contributed by atoms with Crippen molar-refractivity contribution in [2.24, 2.45) is 16.7 Å². The van der Waals surface area contributed by atoms with Crippen LogP contribution in [0.2, 0.25) is 0 Å². The van der Waals surface area contributed by atoms with Gasteiger partial charge in [0.1, 0.15) is 6.10 Å². The van der Waals surface area contributed by atoms with Crippen molar-refractivity contribution in [3.63, 3.8) is 0 Å². The van der Waals surface area contributed by atoms with Crippen molar-refractivity contribution in [3.05, 3.63) is 60.1 Å². The first kappa shape index (κ1) is 18.4. The molecule has 0 amide bonds. The minimum atomic E-state index is -1.94. The monoisotopic (exact) mass is 398 g/mol. The molecule has 1 aromatic heterocycles. The van der Waals surface area contributed by atoms with Crippen LogP contribution >= 0.6 is 0 Å². The van der Waals surface area contributed by atoms with Gasteiger partial charge in [0.2, 0.25) is 17.1 Å². The van der Waals surface area contributed by atoms with E-state index in [9.17, 15) is 15.8 Å². The highest BCUT2D eigenvalue weighted by molar-refractivity contribution is 5.89. The summed E-state index contributed by atoms with van der Waals surface area (Å²) in [7, 11) is 0. The Morgan fingerprint density at radius 2 is 1.77 bits per heavy atom. The Morgan fingerprint density at radius 1 is 1.00 bits per heavy atom. The van der Waals surface area contributed by atoms with Crippen LogP contribution in [0.25, 0.3) is 0 Å². The minimum absolute atomic E-state index is 0.121. The Kier molecular flexibility index (Phi) is 3.81. The van der Waals surface area contributed by atoms with Crippen LogP contribution < -0.4 is 0 Å². The van der Waals surface area contributed by atoms with Crippen molar-refractivity contribution in [2.75, 3.05) is 0 Å². The average molecular weight is 398 g/mol. The van der Waals surface area contributed by atoms with Crippen LogP contribution in [0.5, 0.6) is 0 Å². The summed E-state index contributed by atoms with van der Waals surface area (Å²) in [4.78, 5) is 0. The number of nitrogens with one attached hydrogen (secondary N) is 1. The summed E-state index contributed by atoms with van der Waals surface area (Å²) in [5.41, 5.74) is -2.06. The third-order valence-electron chi connectivity index (χ3n) is 7.03. The first-order valence-electron chi connectivity index (χ1n) is 9.83. The number of hydrogen-bond donors (Lipinski definition) is 1. The molecule has 1 saturated carbocycles. The lowest BCUT2D eigenvalue weighted by molar-refractivity contribution is -0.296. The smallest absolute Gasteiger partial charge is 0.217 e. The predicted octanol–water partition coefficient (Wildman–Crippen LogP) is 4.18. The van der Waals surface area contributed by atoms with Gasteiger partial charge in [-0.15, -0.1) is 0 Å². The highest BCUT2D eigenvalue weighted by Gasteiger charge is 2.81. The second-order valence-electron chi connectivity index (χ2n) is 8.18. The first-order chi connectivity index (χ1) is 14.6. The molecule has 7 heteroatoms. The SMILES string of the molecule is N#CC1(C#N)C(c2ccoc2)OC23CCC(c4ccccc4)CC2C1(C#N)C(=N)O3. The zero-order chi connectivity index (χ0) is 21.0. The zero-order valence-electron chi connectivity index (χ0n) is 16.0. The van der Waals surface area contributed by atoms with Gasteiger partial charge in [-0.25, -0.2) is 0 Å². The number of hydrogen-bond acceptors (Lipinski definition) is 7. The Hall–Kier alpha value is -3.60. The second kappa shape index (κ2) is 6.20. The molecular weight excluding hydrogens is 380 g/mol. The van der Waals surface area contributed by atoms with Crippen molar-refractivity contribution in [3.8, 4) is 18.2 Å². The molecular formula is C23H18N4O3. The molecule has 2 saturated heterocycles. The van der Waals surface area contributed by atoms with Gasteiger partial charge in [0.25, 0.3) is 0 Å². The van der Waals surface area contributed by atoms with Crippen molar-refractivity contribution in [1.29, 1.82) is 21.2 Å². The normalized spacial score (nSPS) is 35.9. The molecule has 2 aromatic rings. The van der Waals surface area contributed by atoms with E-state index in [0.717, 1.165) is 12.0 Å². The van der Waals surface area contributed by atoms with E-state index >= 15 is 0 Å². The lowest BCUT2D eigenvalue weighted by Gasteiger charge is -2.52. The number of nitrogens with zero attached hydrogens (tertiary/aromatic N) is 3. The van der Waals surface area contributed by atoms with Gasteiger partial charge in [0, 0.05) is 12.0 Å². The summed E-state index contributed by atoms with van der Waals surface area (Å²) in [6.07, 6.45) is 3.49. The highest BCUT2D eigenvalue weighted by Crippen LogP contribution is 2.70. The van der Waals surface area contributed by atoms with E-state index in [4.69, 9.17) is 19.3 Å². The molecule has 148 valence electrons. The summed E-state index contributed by atoms with van der Waals surface area (Å²) < 4.78 is 17.5. The number of furan rings is 1. The van der Waals surface area contributed by atoms with Crippen LogP contribution in [0.3, 0.4) is 0 Å². The Bertz CT molecular complexity index is 1110. The fourth-order valence-corrected chi connectivity index (χ4v) is 5.59. The van der Waals surface area contributed by atoms with Crippen molar-refractivity contribution >= 4 is 5.90 Å². The van der Waals surface area contributed by atoms with Crippen LogP contribution in [0.4, 0.5) is 0 Å². The van der Waals surface area contributed by atoms with Crippen molar-refractivity contribution in [1.82, 2.24) is 0 Å². The fourth-order valence-electron chi connectivity index (χ4n) is 5.59. The van der Waals surface area contributed by atoms with Crippen LogP contribution in [0, 0.1) is 56.2 Å². The van der Waals surface area contributed by atoms with Gasteiger partial charge >= 0.3 is 0 Å². The first-order valence-corrected chi connectivity index (χ1v) is 9.83. The molecule has 7 nitrogen and oxygen atoms in total. The molecule has 2 bridgehead atoms. The van der Waals surface area contributed by atoms with E-state index in [1.165, 1.54) is 12.5 Å². The molecule has 5 atom stereocenters. The van der Waals surface area contributed by atoms with Crippen molar-refractivity contribution in [2.45, 2.75) is 37.1 Å². The quantitative estimate of drug-likeness (QED) is 0.808. The molecule has 5 rings (SSSR count). The number of nitriles is 3. The maximum Gasteiger partial charge on any atom is 0.217 e. The van der Waals surface area contributed by atoms with E-state index < -0.39 is 28.6 Å². The Morgan fingerprint density at radius 3 is 2.40 bits per heavy atom. The standard InChI is InChI=1S/C23H18N4O3/c24-12-21(13-25)19(17-7-9-28-11-17)29-23-8-6-16(15-4-2-1-3-5-15)10-18(23)22(21,14-26)20(27)30-23/h1-5,7,9,11,16,18-19,27H,6,8,10H2. The van der Waals surface area contributed by atoms with Gasteiger partial charge < -0.3 is 13.9 Å². The van der Waals surface area contributed by atoms with Gasteiger partial charge in [0.15, 0.2) is 5.41 Å². The summed E-state index contributed by atoms with van der Waals surface area (Å²) in [6.45, 7) is 0. The van der Waals surface area contributed by atoms with Gasteiger partial charge in [-0.3, -0.25) is 5.41 Å². The van der Waals surface area contributed by atoms with Crippen LogP contribution in [0.1, 0.15) is 42.4 Å². The van der Waals surface area contributed by atoms with Gasteiger partial charge in [-0.2, -0.15) is 15.8 Å². The fraction of sp³-hybridized carbons (Fsp3) is 0.391. The molecule has 1 aliphatic carbocycles. The maximum atomic E-state index is 10.4. The lowest BCUT2D eigenvalue weighted by Crippen LogP contribution is -2.60. The largest absolute Gasteiger partial charge is 0.472 e. The predicted molar refractivity (Wildman–Crippen MR) is 102 cm³/mol. The van der Waals surface area contributed by atoms with Crippen LogP contribution in [-0.2, 0) is 9.47 Å². The number of ether oxygens (including phenoxy) is 2. The summed E-state index contributed by atoms with van der Waals surface area (Å²) in [6, 6.07) is 17.9. The molecule has 3 aliphatic rings. The average Bonchev–Trinajstić information content (AvgIpc) is 3.38. The molecule has 30 heavy (non-hydrogen) atoms. The number of rotatable bonds is 2. The van der Waals surface area contributed by atoms with Crippen LogP contribution in [-0.4, -0.2) is 11.7 Å². The zero-order valence-corrected chi connectivity index (χ0v) is 16.0. The maximum absolute atomic E-state index is 10.4. The van der Waals surface area contributed by atoms with Crippen LogP contribution in [0.15, 0.2) is 53.3 Å². The summed E-state index contributed by atoms with van der Waals surface area (Å²) >= 11 is 0. The minimum Gasteiger partial charge on any atom is -0.472 e. The molecule has 0 radical (unpaired) electrons. The highest BCUT2D eigenvalue weighted by atomic mass is 16.7. The third kappa shape index (κ3) is 2.02. The van der Waals surface area contributed by atoms with Gasteiger partial charge in [-0.1, -0.05) is 30.3 Å². The molecule has 3 fully saturated rings. The molecule has 1 aromatic carbocycles.